The molecular weight excluding hydrogens is 458 g/mol. The van der Waals surface area contributed by atoms with Gasteiger partial charge < -0.3 is 19.6 Å². The van der Waals surface area contributed by atoms with Crippen LogP contribution in [0.3, 0.4) is 0 Å². The summed E-state index contributed by atoms with van der Waals surface area (Å²) in [6.45, 7) is 1.84. The lowest BCUT2D eigenvalue weighted by molar-refractivity contribution is -0.172. The minimum absolute atomic E-state index is 0.0830. The quantitative estimate of drug-likeness (QED) is 0.176. The van der Waals surface area contributed by atoms with Gasteiger partial charge in [-0.3, -0.25) is 4.79 Å². The summed E-state index contributed by atoms with van der Waals surface area (Å²) in [7, 11) is 0. The Morgan fingerprint density at radius 1 is 1.14 bits per heavy atom. The minimum Gasteiger partial charge on any atom is -0.458 e. The Morgan fingerprint density at radius 3 is 2.69 bits per heavy atom. The number of carbonyl (C=O) groups excluding carboxylic acids is 1. The minimum atomic E-state index is -1.88. The summed E-state index contributed by atoms with van der Waals surface area (Å²) in [5.74, 6) is -0.751. The average molecular weight is 482 g/mol. The van der Waals surface area contributed by atoms with E-state index in [4.69, 9.17) is 9.72 Å². The van der Waals surface area contributed by atoms with Crippen molar-refractivity contribution in [2.75, 3.05) is 0 Å². The second-order valence-corrected chi connectivity index (χ2v) is 9.19. The maximum Gasteiger partial charge on any atom is 0.343 e. The molecule has 8 nitrogen and oxygen atoms in total. The number of hydrogen-bond acceptors (Lipinski definition) is 7. The summed E-state index contributed by atoms with van der Waals surface area (Å²) < 4.78 is 6.75. The van der Waals surface area contributed by atoms with E-state index in [2.05, 4.69) is 5.16 Å². The molecule has 2 aliphatic heterocycles. The first kappa shape index (κ1) is 22.2. The molecule has 0 unspecified atom stereocenters. The molecular formula is C28H23N3O5. The van der Waals surface area contributed by atoms with Crippen molar-refractivity contribution in [3.8, 4) is 11.4 Å². The number of pyridine rings is 2. The molecule has 0 bridgehead atoms. The highest BCUT2D eigenvalue weighted by atomic mass is 16.6. The van der Waals surface area contributed by atoms with Gasteiger partial charge in [0.2, 0.25) is 0 Å². The van der Waals surface area contributed by atoms with Gasteiger partial charge in [-0.15, -0.1) is 0 Å². The molecule has 0 spiro atoms. The largest absolute Gasteiger partial charge is 0.458 e. The number of nitrogens with zero attached hydrogens (tertiary/aromatic N) is 3. The second kappa shape index (κ2) is 8.13. The molecule has 0 fully saturated rings. The van der Waals surface area contributed by atoms with Crippen LogP contribution in [-0.4, -0.2) is 31.5 Å². The number of carbonyl (C=O) groups is 1. The molecule has 180 valence electrons. The Morgan fingerprint density at radius 2 is 1.94 bits per heavy atom. The third-order valence-corrected chi connectivity index (χ3v) is 7.18. The number of ether oxygens (including phenoxy) is 1. The van der Waals surface area contributed by atoms with Gasteiger partial charge in [0, 0.05) is 28.5 Å². The zero-order valence-corrected chi connectivity index (χ0v) is 19.6. The number of aromatic nitrogens is 2. The molecule has 2 aromatic carbocycles. The summed E-state index contributed by atoms with van der Waals surface area (Å²) in [5.41, 5.74) is 3.20. The summed E-state index contributed by atoms with van der Waals surface area (Å²) in [5, 5.41) is 25.4. The SMILES string of the molecule is CC[C@@]1(O)C(=O)OCc2c1cc1n(c2=O)Cc2cc3cccc(/C(Cc4ccccc4)=N\O)c3nc2-1. The molecule has 2 N–H and O–H groups in total. The standard InChI is InChI=1S/C28H23N3O5/c1-2-28(34)21-13-23-25-18(14-31(23)26(32)20(21)15-36-27(28)33)12-17-9-6-10-19(24(17)29-25)22(30-35)11-16-7-4-3-5-8-16/h3-10,12-13,34-35H,2,11,14-15H2,1H3/b30-22-/t28-/m0/s1. The molecule has 0 saturated heterocycles. The lowest BCUT2D eigenvalue weighted by Crippen LogP contribution is -2.44. The first-order valence-electron chi connectivity index (χ1n) is 11.8. The van der Waals surface area contributed by atoms with Crippen molar-refractivity contribution >= 4 is 22.6 Å². The number of hydrogen-bond donors (Lipinski definition) is 2. The maximum atomic E-state index is 13.4. The fraction of sp³-hybridized carbons (Fsp3) is 0.214. The third kappa shape index (κ3) is 3.18. The highest BCUT2D eigenvalue weighted by molar-refractivity contribution is 6.10. The highest BCUT2D eigenvalue weighted by Gasteiger charge is 2.45. The molecule has 1 atom stereocenters. The average Bonchev–Trinajstić information content (AvgIpc) is 3.26. The van der Waals surface area contributed by atoms with Gasteiger partial charge in [-0.2, -0.15) is 0 Å². The van der Waals surface area contributed by atoms with E-state index in [1.165, 1.54) is 0 Å². The van der Waals surface area contributed by atoms with Crippen molar-refractivity contribution in [2.24, 2.45) is 5.16 Å². The van der Waals surface area contributed by atoms with Gasteiger partial charge in [-0.05, 0) is 24.1 Å². The van der Waals surface area contributed by atoms with Crippen molar-refractivity contribution in [3.05, 3.63) is 98.8 Å². The Kier molecular flexibility index (Phi) is 5.01. The molecule has 2 aliphatic rings. The molecule has 6 rings (SSSR count). The summed E-state index contributed by atoms with van der Waals surface area (Å²) in [4.78, 5) is 30.7. The molecule has 36 heavy (non-hydrogen) atoms. The van der Waals surface area contributed by atoms with Crippen molar-refractivity contribution in [1.29, 1.82) is 0 Å². The number of para-hydroxylation sites is 1. The van der Waals surface area contributed by atoms with Gasteiger partial charge in [0.25, 0.3) is 5.56 Å². The van der Waals surface area contributed by atoms with Crippen LogP contribution >= 0.6 is 0 Å². The molecule has 4 aromatic rings. The van der Waals surface area contributed by atoms with Crippen molar-refractivity contribution < 1.29 is 19.8 Å². The van der Waals surface area contributed by atoms with Gasteiger partial charge in [-0.25, -0.2) is 9.78 Å². The number of esters is 1. The summed E-state index contributed by atoms with van der Waals surface area (Å²) in [6.07, 6.45) is 0.504. The van der Waals surface area contributed by atoms with Crippen LogP contribution in [0.4, 0.5) is 0 Å². The first-order valence-corrected chi connectivity index (χ1v) is 11.8. The molecule has 0 radical (unpaired) electrons. The van der Waals surface area contributed by atoms with E-state index >= 15 is 0 Å². The van der Waals surface area contributed by atoms with Crippen LogP contribution in [0.25, 0.3) is 22.3 Å². The highest BCUT2D eigenvalue weighted by Crippen LogP contribution is 2.39. The lowest BCUT2D eigenvalue weighted by Gasteiger charge is -2.31. The predicted octanol–water partition coefficient (Wildman–Crippen LogP) is 3.50. The van der Waals surface area contributed by atoms with Crippen LogP contribution in [0.5, 0.6) is 0 Å². The van der Waals surface area contributed by atoms with Crippen LogP contribution in [0.15, 0.2) is 70.6 Å². The van der Waals surface area contributed by atoms with Crippen LogP contribution < -0.4 is 5.56 Å². The predicted molar refractivity (Wildman–Crippen MR) is 133 cm³/mol. The topological polar surface area (TPSA) is 114 Å². The van der Waals surface area contributed by atoms with Gasteiger partial charge in [0.15, 0.2) is 5.60 Å². The van der Waals surface area contributed by atoms with Crippen molar-refractivity contribution in [1.82, 2.24) is 9.55 Å². The van der Waals surface area contributed by atoms with Gasteiger partial charge in [0.05, 0.1) is 34.7 Å². The first-order chi connectivity index (χ1) is 17.4. The number of fused-ring (bicyclic) bond motifs is 5. The number of cyclic esters (lactones) is 1. The van der Waals surface area contributed by atoms with E-state index in [1.54, 1.807) is 17.6 Å². The Bertz CT molecular complexity index is 1640. The van der Waals surface area contributed by atoms with E-state index in [9.17, 15) is 19.9 Å². The van der Waals surface area contributed by atoms with Gasteiger partial charge >= 0.3 is 5.97 Å². The Hall–Kier alpha value is -4.30. The van der Waals surface area contributed by atoms with Crippen molar-refractivity contribution in [3.63, 3.8) is 0 Å². The normalized spacial score (nSPS) is 18.5. The maximum absolute atomic E-state index is 13.4. The fourth-order valence-electron chi connectivity index (χ4n) is 5.21. The van der Waals surface area contributed by atoms with E-state index in [-0.39, 0.29) is 24.2 Å². The smallest absolute Gasteiger partial charge is 0.343 e. The molecule has 0 saturated carbocycles. The summed E-state index contributed by atoms with van der Waals surface area (Å²) >= 11 is 0. The fourth-order valence-corrected chi connectivity index (χ4v) is 5.21. The van der Waals surface area contributed by atoms with Crippen LogP contribution in [0.2, 0.25) is 0 Å². The molecule has 8 heteroatoms. The number of oxime groups is 1. The van der Waals surface area contributed by atoms with E-state index in [1.807, 2.05) is 54.6 Å². The zero-order valence-electron chi connectivity index (χ0n) is 19.6. The van der Waals surface area contributed by atoms with Crippen LogP contribution in [0, 0.1) is 0 Å². The lowest BCUT2D eigenvalue weighted by atomic mass is 9.86. The van der Waals surface area contributed by atoms with Crippen LogP contribution in [-0.2, 0) is 34.7 Å². The number of benzene rings is 2. The molecule has 0 aliphatic carbocycles. The van der Waals surface area contributed by atoms with Gasteiger partial charge in [-0.1, -0.05) is 60.6 Å². The number of rotatable bonds is 4. The van der Waals surface area contributed by atoms with E-state index in [0.29, 0.717) is 46.7 Å². The van der Waals surface area contributed by atoms with E-state index < -0.39 is 11.6 Å². The molecule has 0 amide bonds. The van der Waals surface area contributed by atoms with Crippen molar-refractivity contribution in [2.45, 2.75) is 38.5 Å². The monoisotopic (exact) mass is 481 g/mol. The Labute approximate surface area is 206 Å². The molecule has 2 aromatic heterocycles. The summed E-state index contributed by atoms with van der Waals surface area (Å²) in [6, 6.07) is 19.1. The third-order valence-electron chi connectivity index (χ3n) is 7.18. The zero-order chi connectivity index (χ0) is 25.0. The Balaban J connectivity index is 1.53. The van der Waals surface area contributed by atoms with Gasteiger partial charge in [0.1, 0.15) is 6.61 Å². The molecule has 4 heterocycles. The van der Waals surface area contributed by atoms with E-state index in [0.717, 1.165) is 16.5 Å². The number of aliphatic hydroxyl groups is 1. The second-order valence-electron chi connectivity index (χ2n) is 9.19. The van der Waals surface area contributed by atoms with Crippen LogP contribution in [0.1, 0.15) is 41.2 Å².